The molecule has 1 aliphatic rings. The second-order valence-corrected chi connectivity index (χ2v) is 9.51. The summed E-state index contributed by atoms with van der Waals surface area (Å²) >= 11 is 1.35. The van der Waals surface area contributed by atoms with Crippen molar-refractivity contribution in [2.75, 3.05) is 36.5 Å². The summed E-state index contributed by atoms with van der Waals surface area (Å²) in [5.74, 6) is -0.195. The number of aromatic nitrogens is 3. The Morgan fingerprint density at radius 2 is 1.97 bits per heavy atom. The number of primary amides is 1. The van der Waals surface area contributed by atoms with Gasteiger partial charge in [-0.25, -0.2) is 19.7 Å². The van der Waals surface area contributed by atoms with Crippen molar-refractivity contribution in [3.8, 4) is 11.1 Å². The van der Waals surface area contributed by atoms with Crippen molar-refractivity contribution in [2.24, 2.45) is 16.3 Å². The van der Waals surface area contributed by atoms with Gasteiger partial charge in [-0.15, -0.1) is 0 Å². The lowest BCUT2D eigenvalue weighted by atomic mass is 9.80. The number of carbonyl (C=O) groups excluding carboxylic acids is 1. The number of thiazole rings is 1. The van der Waals surface area contributed by atoms with Crippen LogP contribution in [0.15, 0.2) is 29.7 Å². The smallest absolute Gasteiger partial charge is 0.321 e. The maximum Gasteiger partial charge on any atom is 0.321 e. The molecule has 0 radical (unpaired) electrons. The summed E-state index contributed by atoms with van der Waals surface area (Å²) in [6.07, 6.45) is 6.15. The molecule has 4 rings (SSSR count). The van der Waals surface area contributed by atoms with Gasteiger partial charge in [0.2, 0.25) is 5.95 Å². The van der Waals surface area contributed by atoms with E-state index in [0.29, 0.717) is 49.1 Å². The Morgan fingerprint density at radius 1 is 1.29 bits per heavy atom. The van der Waals surface area contributed by atoms with Gasteiger partial charge in [0.1, 0.15) is 7.11 Å². The summed E-state index contributed by atoms with van der Waals surface area (Å²) in [4.78, 5) is 45.3. The molecule has 12 heteroatoms. The average Bonchev–Trinajstić information content (AvgIpc) is 3.27. The summed E-state index contributed by atoms with van der Waals surface area (Å²) in [5, 5.41) is 13.9. The van der Waals surface area contributed by atoms with Gasteiger partial charge in [0.15, 0.2) is 5.13 Å². The Hall–Kier alpha value is -3.80. The number of piperidine rings is 1. The van der Waals surface area contributed by atoms with E-state index in [1.165, 1.54) is 23.3 Å². The zero-order chi connectivity index (χ0) is 25.2. The standard InChI is InChI=1S/C23H27N7O4S/c1-4-30(20(24)33)22-28-17-10-14(9-15(13-27-34-3)18(17)35-22)16-11-25-21(26-12-16)29-7-5-23(2,6-8-29)19(31)32/h9-13H,4-8H2,1-3H3,(H2,24,33)(H,31,32)/b27-13+. The van der Waals surface area contributed by atoms with E-state index < -0.39 is 17.4 Å². The van der Waals surface area contributed by atoms with Crippen LogP contribution < -0.4 is 15.5 Å². The largest absolute Gasteiger partial charge is 0.481 e. The van der Waals surface area contributed by atoms with Gasteiger partial charge in [-0.3, -0.25) is 9.69 Å². The van der Waals surface area contributed by atoms with Crippen molar-refractivity contribution in [3.63, 3.8) is 0 Å². The predicted molar refractivity (Wildman–Crippen MR) is 135 cm³/mol. The molecule has 3 heterocycles. The molecule has 0 aliphatic carbocycles. The fraction of sp³-hybridized carbons (Fsp3) is 0.391. The van der Waals surface area contributed by atoms with Crippen LogP contribution in [0.5, 0.6) is 0 Å². The van der Waals surface area contributed by atoms with E-state index in [0.717, 1.165) is 21.4 Å². The molecule has 0 unspecified atom stereocenters. The molecule has 1 saturated heterocycles. The minimum atomic E-state index is -0.764. The zero-order valence-corrected chi connectivity index (χ0v) is 20.6. The van der Waals surface area contributed by atoms with E-state index >= 15 is 0 Å². The number of aliphatic carboxylic acids is 1. The van der Waals surface area contributed by atoms with Crippen LogP contribution in [0.25, 0.3) is 21.3 Å². The number of fused-ring (bicyclic) bond motifs is 1. The molecule has 2 aromatic heterocycles. The normalized spacial score (nSPS) is 15.5. The van der Waals surface area contributed by atoms with Crippen LogP contribution in [0.1, 0.15) is 32.3 Å². The number of hydrogen-bond acceptors (Lipinski definition) is 9. The maximum atomic E-state index is 11.8. The molecule has 2 amide bonds. The van der Waals surface area contributed by atoms with Crippen LogP contribution in [-0.4, -0.2) is 65.0 Å². The van der Waals surface area contributed by atoms with Crippen LogP contribution in [-0.2, 0) is 9.63 Å². The third kappa shape index (κ3) is 4.87. The molecule has 0 bridgehead atoms. The lowest BCUT2D eigenvalue weighted by Gasteiger charge is -2.36. The van der Waals surface area contributed by atoms with Crippen molar-refractivity contribution in [1.82, 2.24) is 15.0 Å². The summed E-state index contributed by atoms with van der Waals surface area (Å²) < 4.78 is 0.844. The fourth-order valence-corrected chi connectivity index (χ4v) is 5.06. The fourth-order valence-electron chi connectivity index (χ4n) is 3.97. The predicted octanol–water partition coefficient (Wildman–Crippen LogP) is 3.33. The highest BCUT2D eigenvalue weighted by Crippen LogP contribution is 2.35. The molecule has 0 spiro atoms. The number of rotatable bonds is 7. The lowest BCUT2D eigenvalue weighted by Crippen LogP contribution is -2.43. The number of hydrogen-bond donors (Lipinski definition) is 2. The van der Waals surface area contributed by atoms with Crippen molar-refractivity contribution in [1.29, 1.82) is 0 Å². The van der Waals surface area contributed by atoms with E-state index in [1.807, 2.05) is 24.0 Å². The van der Waals surface area contributed by atoms with Crippen LogP contribution in [0.2, 0.25) is 0 Å². The first-order chi connectivity index (χ1) is 16.8. The minimum Gasteiger partial charge on any atom is -0.481 e. The molecule has 35 heavy (non-hydrogen) atoms. The number of carboxylic acid groups (broad SMARTS) is 1. The SMILES string of the molecule is CCN(C(N)=O)c1nc2cc(-c3cnc(N4CCC(C)(C(=O)O)CC4)nc3)cc(/C=N/OC)c2s1. The third-order valence-electron chi connectivity index (χ3n) is 6.26. The van der Waals surface area contributed by atoms with E-state index in [9.17, 15) is 14.7 Å². The van der Waals surface area contributed by atoms with Gasteiger partial charge < -0.3 is 20.6 Å². The number of nitrogens with zero attached hydrogens (tertiary/aromatic N) is 6. The van der Waals surface area contributed by atoms with Crippen LogP contribution >= 0.6 is 11.3 Å². The zero-order valence-electron chi connectivity index (χ0n) is 19.8. The monoisotopic (exact) mass is 497 g/mol. The van der Waals surface area contributed by atoms with Crippen molar-refractivity contribution in [3.05, 3.63) is 30.1 Å². The van der Waals surface area contributed by atoms with Gasteiger partial charge in [-0.05, 0) is 44.4 Å². The van der Waals surface area contributed by atoms with Gasteiger partial charge in [0.05, 0.1) is 21.8 Å². The van der Waals surface area contributed by atoms with E-state index in [1.54, 1.807) is 25.5 Å². The first-order valence-corrected chi connectivity index (χ1v) is 12.0. The summed E-state index contributed by atoms with van der Waals surface area (Å²) in [6, 6.07) is 3.28. The molecule has 184 valence electrons. The number of amides is 2. The summed E-state index contributed by atoms with van der Waals surface area (Å²) in [7, 11) is 1.47. The minimum absolute atomic E-state index is 0.404. The van der Waals surface area contributed by atoms with Crippen molar-refractivity contribution in [2.45, 2.75) is 26.7 Å². The first-order valence-electron chi connectivity index (χ1n) is 11.1. The molecule has 3 aromatic rings. The molecule has 0 saturated carbocycles. The van der Waals surface area contributed by atoms with Gasteiger partial charge in [0, 0.05) is 43.2 Å². The molecule has 1 aliphatic heterocycles. The highest BCUT2D eigenvalue weighted by molar-refractivity contribution is 7.22. The molecule has 1 aromatic carbocycles. The lowest BCUT2D eigenvalue weighted by molar-refractivity contribution is -0.149. The topological polar surface area (TPSA) is 147 Å². The van der Waals surface area contributed by atoms with Crippen LogP contribution in [0, 0.1) is 5.41 Å². The van der Waals surface area contributed by atoms with E-state index in [4.69, 9.17) is 10.6 Å². The number of oxime groups is 1. The Morgan fingerprint density at radius 3 is 2.54 bits per heavy atom. The van der Waals surface area contributed by atoms with Gasteiger partial charge in [-0.1, -0.05) is 16.5 Å². The number of urea groups is 1. The van der Waals surface area contributed by atoms with Crippen molar-refractivity contribution >= 4 is 50.8 Å². The molecule has 11 nitrogen and oxygen atoms in total. The van der Waals surface area contributed by atoms with Crippen molar-refractivity contribution < 1.29 is 19.5 Å². The number of carboxylic acids is 1. The molecular formula is C23H27N7O4S. The number of benzene rings is 1. The highest BCUT2D eigenvalue weighted by Gasteiger charge is 2.37. The molecular weight excluding hydrogens is 470 g/mol. The quantitative estimate of drug-likeness (QED) is 0.373. The highest BCUT2D eigenvalue weighted by atomic mass is 32.1. The van der Waals surface area contributed by atoms with Gasteiger partial charge >= 0.3 is 12.0 Å². The van der Waals surface area contributed by atoms with Gasteiger partial charge in [-0.2, -0.15) is 0 Å². The molecule has 0 atom stereocenters. The number of nitrogens with two attached hydrogens (primary N) is 1. The number of anilines is 2. The van der Waals surface area contributed by atoms with Crippen LogP contribution in [0.4, 0.5) is 15.9 Å². The molecule has 1 fully saturated rings. The van der Waals surface area contributed by atoms with Crippen LogP contribution in [0.3, 0.4) is 0 Å². The second-order valence-electron chi connectivity index (χ2n) is 8.53. The number of carbonyl (C=O) groups is 2. The summed E-state index contributed by atoms with van der Waals surface area (Å²) in [6.45, 7) is 5.19. The maximum absolute atomic E-state index is 11.8. The molecule has 3 N–H and O–H groups in total. The second kappa shape index (κ2) is 9.82. The van der Waals surface area contributed by atoms with Gasteiger partial charge in [0.25, 0.3) is 0 Å². The Labute approximate surface area is 206 Å². The third-order valence-corrected chi connectivity index (χ3v) is 7.40. The Kier molecular flexibility index (Phi) is 6.83. The first kappa shape index (κ1) is 24.3. The Bertz CT molecular complexity index is 1270. The van der Waals surface area contributed by atoms with E-state index in [-0.39, 0.29) is 0 Å². The Balaban J connectivity index is 1.64. The summed E-state index contributed by atoms with van der Waals surface area (Å²) in [5.41, 5.74) is 7.87. The average molecular weight is 498 g/mol. The van der Waals surface area contributed by atoms with E-state index in [2.05, 4.69) is 20.1 Å².